The van der Waals surface area contributed by atoms with Crippen molar-refractivity contribution in [3.8, 4) is 0 Å². The molecule has 0 unspecified atom stereocenters. The van der Waals surface area contributed by atoms with Crippen molar-refractivity contribution in [2.45, 2.75) is 97.8 Å². The van der Waals surface area contributed by atoms with Gasteiger partial charge in [0, 0.05) is 45.4 Å². The van der Waals surface area contributed by atoms with E-state index in [1.54, 1.807) is 11.9 Å². The number of hydrogen-bond acceptors (Lipinski definition) is 7. The van der Waals surface area contributed by atoms with Gasteiger partial charge in [0.2, 0.25) is 11.8 Å². The highest BCUT2D eigenvalue weighted by molar-refractivity contribution is 5.90. The van der Waals surface area contributed by atoms with Crippen molar-refractivity contribution < 1.29 is 33.8 Å². The molecule has 0 saturated carbocycles. The molecule has 0 spiro atoms. The lowest BCUT2D eigenvalue weighted by Crippen LogP contribution is -2.56. The van der Waals surface area contributed by atoms with Crippen LogP contribution in [0.25, 0.3) is 10.8 Å². The molecule has 3 rings (SSSR count). The summed E-state index contributed by atoms with van der Waals surface area (Å²) in [6, 6.07) is 21.4. The molecule has 4 N–H and O–H groups in total. The fraction of sp³-hybridized carbons (Fsp3) is 0.500. The average Bonchev–Trinajstić information content (AvgIpc) is 3.11. The van der Waals surface area contributed by atoms with Crippen LogP contribution in [-0.4, -0.2) is 101 Å². The van der Waals surface area contributed by atoms with Crippen LogP contribution in [0.3, 0.4) is 0 Å². The first-order valence-corrected chi connectivity index (χ1v) is 18.3. The normalized spacial score (nSPS) is 12.7. The average molecular weight is 735 g/mol. The number of fused-ring (bicyclic) bond motifs is 1. The first-order valence-electron chi connectivity index (χ1n) is 18.3. The van der Waals surface area contributed by atoms with Gasteiger partial charge in [0.05, 0.1) is 12.6 Å². The molecule has 0 radical (unpaired) electrons. The van der Waals surface area contributed by atoms with Gasteiger partial charge in [0.15, 0.2) is 6.29 Å². The molecular weight excluding hydrogens is 676 g/mol. The van der Waals surface area contributed by atoms with E-state index < -0.39 is 41.9 Å². The molecule has 13 heteroatoms. The molecular formula is C40H58N6O7. The standard InChI is InChI=1S/C40H58N6O7/c1-8-52-37(53-9-2)29(3)45(27-32-22-17-21-31-20-13-14-23-33(31)32)36(48)34(24-15-16-25-46(39(50)51)40(4,5)6)42-35(47)28-44(7)43-38(49)41-26-30-18-11-10-12-19-30/h10-14,17-23,29,34,37H,8-9,15-16,24-28H2,1-7H3,(H,42,47)(H,50,51)(H2,41,43,49)/t29-,34-/m0/s1. The van der Waals surface area contributed by atoms with E-state index in [-0.39, 0.29) is 32.0 Å². The molecule has 3 aromatic rings. The van der Waals surface area contributed by atoms with Crippen LogP contribution in [0.1, 0.15) is 71.9 Å². The molecule has 0 heterocycles. The minimum absolute atomic E-state index is 0.223. The minimum Gasteiger partial charge on any atom is -0.465 e. The Kier molecular flexibility index (Phi) is 17.0. The van der Waals surface area contributed by atoms with E-state index >= 15 is 0 Å². The van der Waals surface area contributed by atoms with Crippen LogP contribution < -0.4 is 16.1 Å². The van der Waals surface area contributed by atoms with E-state index in [1.165, 1.54) is 9.91 Å². The van der Waals surface area contributed by atoms with Crippen molar-refractivity contribution in [2.24, 2.45) is 0 Å². The first-order chi connectivity index (χ1) is 25.2. The van der Waals surface area contributed by atoms with Crippen molar-refractivity contribution in [1.29, 1.82) is 0 Å². The lowest BCUT2D eigenvalue weighted by atomic mass is 10.0. The van der Waals surface area contributed by atoms with Gasteiger partial charge in [0.1, 0.15) is 6.04 Å². The highest BCUT2D eigenvalue weighted by atomic mass is 16.7. The van der Waals surface area contributed by atoms with Crippen LogP contribution >= 0.6 is 0 Å². The summed E-state index contributed by atoms with van der Waals surface area (Å²) in [5.74, 6) is -0.801. The van der Waals surface area contributed by atoms with Gasteiger partial charge in [-0.3, -0.25) is 15.0 Å². The van der Waals surface area contributed by atoms with Gasteiger partial charge in [-0.2, -0.15) is 0 Å². The van der Waals surface area contributed by atoms with Crippen molar-refractivity contribution in [3.63, 3.8) is 0 Å². The molecule has 0 fully saturated rings. The summed E-state index contributed by atoms with van der Waals surface area (Å²) in [6.45, 7) is 12.4. The Balaban J connectivity index is 1.85. The molecule has 13 nitrogen and oxygen atoms in total. The van der Waals surface area contributed by atoms with Crippen molar-refractivity contribution in [3.05, 3.63) is 83.9 Å². The van der Waals surface area contributed by atoms with E-state index in [0.29, 0.717) is 32.6 Å². The third kappa shape index (κ3) is 13.6. The SMILES string of the molecule is CCOC(OCC)[C@H](C)N(Cc1cccc2ccccc12)C(=O)[C@H](CCCCN(C(=O)O)C(C)(C)C)NC(=O)CN(C)NC(=O)NCc1ccccc1. The number of benzene rings is 3. The van der Waals surface area contributed by atoms with Crippen molar-refractivity contribution in [2.75, 3.05) is 33.4 Å². The Bertz CT molecular complexity index is 1600. The number of unbranched alkanes of at least 4 members (excludes halogenated alkanes) is 1. The molecule has 53 heavy (non-hydrogen) atoms. The quantitative estimate of drug-likeness (QED) is 0.0652. The summed E-state index contributed by atoms with van der Waals surface area (Å²) in [4.78, 5) is 55.9. The molecule has 0 aliphatic rings. The van der Waals surface area contributed by atoms with Gasteiger partial charge in [0.25, 0.3) is 0 Å². The highest BCUT2D eigenvalue weighted by Gasteiger charge is 2.34. The Morgan fingerprint density at radius 3 is 2.15 bits per heavy atom. The largest absolute Gasteiger partial charge is 0.465 e. The number of carbonyl (C=O) groups excluding carboxylic acids is 3. The Morgan fingerprint density at radius 2 is 1.51 bits per heavy atom. The van der Waals surface area contributed by atoms with Crippen LogP contribution in [0.4, 0.5) is 9.59 Å². The summed E-state index contributed by atoms with van der Waals surface area (Å²) in [7, 11) is 1.56. The second kappa shape index (κ2) is 21.1. The van der Waals surface area contributed by atoms with Crippen LogP contribution in [0.15, 0.2) is 72.8 Å². The minimum atomic E-state index is -1.02. The van der Waals surface area contributed by atoms with Gasteiger partial charge in [-0.05, 0) is 82.7 Å². The van der Waals surface area contributed by atoms with E-state index in [0.717, 1.165) is 21.9 Å². The smallest absolute Gasteiger partial charge is 0.407 e. The van der Waals surface area contributed by atoms with Crippen molar-refractivity contribution in [1.82, 2.24) is 30.9 Å². The molecule has 0 aliphatic carbocycles. The van der Waals surface area contributed by atoms with Crippen LogP contribution in [0.5, 0.6) is 0 Å². The van der Waals surface area contributed by atoms with Gasteiger partial charge in [-0.1, -0.05) is 72.8 Å². The monoisotopic (exact) mass is 734 g/mol. The number of nitrogens with zero attached hydrogens (tertiary/aromatic N) is 3. The summed E-state index contributed by atoms with van der Waals surface area (Å²) in [5.41, 5.74) is 3.89. The van der Waals surface area contributed by atoms with Gasteiger partial charge in [-0.15, -0.1) is 0 Å². The summed E-state index contributed by atoms with van der Waals surface area (Å²) in [6.07, 6.45) is -0.547. The van der Waals surface area contributed by atoms with Crippen molar-refractivity contribution >= 4 is 34.7 Å². The summed E-state index contributed by atoms with van der Waals surface area (Å²) < 4.78 is 11.9. The second-order valence-electron chi connectivity index (χ2n) is 14.0. The number of amides is 5. The van der Waals surface area contributed by atoms with E-state index in [4.69, 9.17) is 9.47 Å². The van der Waals surface area contributed by atoms with Gasteiger partial charge < -0.3 is 35.0 Å². The lowest BCUT2D eigenvalue weighted by Gasteiger charge is -2.37. The molecule has 0 saturated heterocycles. The zero-order chi connectivity index (χ0) is 39.0. The lowest BCUT2D eigenvalue weighted by molar-refractivity contribution is -0.179. The third-order valence-corrected chi connectivity index (χ3v) is 8.82. The maximum Gasteiger partial charge on any atom is 0.407 e. The van der Waals surface area contributed by atoms with Gasteiger partial charge >= 0.3 is 12.1 Å². The molecule has 0 aliphatic heterocycles. The topological polar surface area (TPSA) is 153 Å². The number of ether oxygens (including phenoxy) is 2. The maximum absolute atomic E-state index is 14.8. The number of hydrazine groups is 1. The maximum atomic E-state index is 14.8. The number of carboxylic acid groups (broad SMARTS) is 1. The molecule has 5 amide bonds. The van der Waals surface area contributed by atoms with E-state index in [1.807, 2.05) is 114 Å². The van der Waals surface area contributed by atoms with E-state index in [2.05, 4.69) is 16.1 Å². The Morgan fingerprint density at radius 1 is 0.868 bits per heavy atom. The number of carbonyl (C=O) groups is 4. The zero-order valence-corrected chi connectivity index (χ0v) is 32.3. The fourth-order valence-corrected chi connectivity index (χ4v) is 6.12. The summed E-state index contributed by atoms with van der Waals surface area (Å²) in [5, 5.41) is 18.9. The van der Waals surface area contributed by atoms with Crippen LogP contribution in [0, 0.1) is 0 Å². The number of hydrogen-bond donors (Lipinski definition) is 4. The number of likely N-dealkylation sites (N-methyl/N-ethyl adjacent to an activating group) is 1. The predicted octanol–water partition coefficient (Wildman–Crippen LogP) is 5.74. The Labute approximate surface area is 313 Å². The second-order valence-corrected chi connectivity index (χ2v) is 14.0. The molecule has 3 aromatic carbocycles. The molecule has 0 aromatic heterocycles. The zero-order valence-electron chi connectivity index (χ0n) is 32.3. The number of nitrogens with one attached hydrogen (secondary N) is 3. The third-order valence-electron chi connectivity index (χ3n) is 8.82. The van der Waals surface area contributed by atoms with Gasteiger partial charge in [-0.25, -0.2) is 14.6 Å². The van der Waals surface area contributed by atoms with Crippen LogP contribution in [-0.2, 0) is 32.2 Å². The Hall–Kier alpha value is -4.72. The predicted molar refractivity (Wildman–Crippen MR) is 206 cm³/mol. The molecule has 2 atom stereocenters. The number of urea groups is 1. The first kappa shape index (κ1) is 42.7. The molecule has 0 bridgehead atoms. The fourth-order valence-electron chi connectivity index (χ4n) is 6.12. The van der Waals surface area contributed by atoms with E-state index in [9.17, 15) is 24.3 Å². The number of rotatable bonds is 20. The summed E-state index contributed by atoms with van der Waals surface area (Å²) >= 11 is 0. The molecule has 290 valence electrons. The highest BCUT2D eigenvalue weighted by Crippen LogP contribution is 2.24. The van der Waals surface area contributed by atoms with Crippen LogP contribution in [0.2, 0.25) is 0 Å².